The highest BCUT2D eigenvalue weighted by molar-refractivity contribution is 6.30. The third-order valence-electron chi connectivity index (χ3n) is 3.80. The maximum Gasteiger partial charge on any atom is 0.275 e. The molecule has 7 heteroatoms. The lowest BCUT2D eigenvalue weighted by Gasteiger charge is -2.06. The first kappa shape index (κ1) is 19.3. The lowest BCUT2D eigenvalue weighted by molar-refractivity contribution is 0.0952. The molecule has 0 aliphatic carbocycles. The Hall–Kier alpha value is -3.51. The third kappa shape index (κ3) is 5.25. The number of phenolic OH excluding ortho intramolecular Hbond substituents is 2. The van der Waals surface area contributed by atoms with Crippen LogP contribution in [0.3, 0.4) is 0 Å². The summed E-state index contributed by atoms with van der Waals surface area (Å²) in [6.07, 6.45) is 1.47. The number of nitrogens with one attached hydrogen (secondary N) is 1. The number of ether oxygens (including phenoxy) is 1. The largest absolute Gasteiger partial charge is 0.508 e. The SMILES string of the molecule is O=C(N/N=C\c1ccc(OCc2ccc(Cl)cc2)cc1)c1ccc(O)cc1O. The van der Waals surface area contributed by atoms with Gasteiger partial charge in [0.25, 0.3) is 5.91 Å². The van der Waals surface area contributed by atoms with Gasteiger partial charge in [-0.25, -0.2) is 5.43 Å². The van der Waals surface area contributed by atoms with E-state index in [0.717, 1.165) is 17.2 Å². The zero-order valence-corrected chi connectivity index (χ0v) is 15.4. The molecule has 0 aromatic heterocycles. The number of benzene rings is 3. The summed E-state index contributed by atoms with van der Waals surface area (Å²) in [5.41, 5.74) is 4.10. The molecular weight excluding hydrogens is 380 g/mol. The maximum atomic E-state index is 12.0. The number of hydrogen-bond donors (Lipinski definition) is 3. The van der Waals surface area contributed by atoms with Crippen LogP contribution in [0.1, 0.15) is 21.5 Å². The quantitative estimate of drug-likeness (QED) is 0.432. The Morgan fingerprint density at radius 2 is 1.75 bits per heavy atom. The van der Waals surface area contributed by atoms with Crippen molar-refractivity contribution in [1.29, 1.82) is 0 Å². The van der Waals surface area contributed by atoms with Crippen LogP contribution in [0.15, 0.2) is 71.8 Å². The Labute approximate surface area is 166 Å². The summed E-state index contributed by atoms with van der Waals surface area (Å²) < 4.78 is 5.70. The van der Waals surface area contributed by atoms with Crippen molar-refractivity contribution in [3.63, 3.8) is 0 Å². The molecular formula is C21H17ClN2O4. The average molecular weight is 397 g/mol. The van der Waals surface area contributed by atoms with Crippen LogP contribution in [0.4, 0.5) is 0 Å². The highest BCUT2D eigenvalue weighted by Gasteiger charge is 2.10. The van der Waals surface area contributed by atoms with Crippen molar-refractivity contribution >= 4 is 23.7 Å². The summed E-state index contributed by atoms with van der Waals surface area (Å²) in [5, 5.41) is 23.4. The van der Waals surface area contributed by atoms with Crippen LogP contribution in [0.5, 0.6) is 17.2 Å². The molecule has 0 heterocycles. The average Bonchev–Trinajstić information content (AvgIpc) is 2.68. The molecule has 0 saturated carbocycles. The first-order valence-corrected chi connectivity index (χ1v) is 8.72. The fraction of sp³-hybridized carbons (Fsp3) is 0.0476. The van der Waals surface area contributed by atoms with Crippen LogP contribution in [-0.2, 0) is 6.61 Å². The standard InChI is InChI=1S/C21H17ClN2O4/c22-16-5-1-15(2-6-16)13-28-18-8-3-14(4-9-18)12-23-24-21(27)19-10-7-17(25)11-20(19)26/h1-12,25-26H,13H2,(H,24,27)/b23-12-. The minimum atomic E-state index is -0.586. The lowest BCUT2D eigenvalue weighted by atomic mass is 10.2. The van der Waals surface area contributed by atoms with Gasteiger partial charge >= 0.3 is 0 Å². The number of phenols is 2. The van der Waals surface area contributed by atoms with E-state index in [4.69, 9.17) is 16.3 Å². The normalized spacial score (nSPS) is 10.8. The fourth-order valence-corrected chi connectivity index (χ4v) is 2.46. The van der Waals surface area contributed by atoms with Gasteiger partial charge < -0.3 is 14.9 Å². The highest BCUT2D eigenvalue weighted by atomic mass is 35.5. The van der Waals surface area contributed by atoms with Gasteiger partial charge in [0.05, 0.1) is 11.8 Å². The van der Waals surface area contributed by atoms with Gasteiger partial charge in [0.15, 0.2) is 0 Å². The molecule has 0 bridgehead atoms. The molecule has 3 aromatic rings. The number of hydrogen-bond acceptors (Lipinski definition) is 5. The summed E-state index contributed by atoms with van der Waals surface area (Å²) in [6.45, 7) is 0.427. The summed E-state index contributed by atoms with van der Waals surface area (Å²) in [7, 11) is 0. The number of halogens is 1. The topological polar surface area (TPSA) is 91.2 Å². The second-order valence-corrected chi connectivity index (χ2v) is 6.32. The molecule has 0 atom stereocenters. The summed E-state index contributed by atoms with van der Waals surface area (Å²) >= 11 is 5.85. The maximum absolute atomic E-state index is 12.0. The number of rotatable bonds is 6. The molecule has 0 fully saturated rings. The van der Waals surface area contributed by atoms with Gasteiger partial charge in [-0.3, -0.25) is 4.79 Å². The van der Waals surface area contributed by atoms with Gasteiger partial charge in [0.1, 0.15) is 23.9 Å². The summed E-state index contributed by atoms with van der Waals surface area (Å²) in [6, 6.07) is 18.3. The van der Waals surface area contributed by atoms with E-state index >= 15 is 0 Å². The molecule has 6 nitrogen and oxygen atoms in total. The molecule has 0 saturated heterocycles. The molecule has 0 aliphatic heterocycles. The molecule has 0 radical (unpaired) electrons. The third-order valence-corrected chi connectivity index (χ3v) is 4.06. The first-order valence-electron chi connectivity index (χ1n) is 8.34. The predicted octanol–water partition coefficient (Wildman–Crippen LogP) is 4.09. The molecule has 1 amide bonds. The van der Waals surface area contributed by atoms with Gasteiger partial charge in [0.2, 0.25) is 0 Å². The van der Waals surface area contributed by atoms with Crippen molar-refractivity contribution in [2.75, 3.05) is 0 Å². The fourth-order valence-electron chi connectivity index (χ4n) is 2.34. The van der Waals surface area contributed by atoms with Crippen molar-refractivity contribution in [2.45, 2.75) is 6.61 Å². The van der Waals surface area contributed by atoms with Crippen LogP contribution in [-0.4, -0.2) is 22.3 Å². The molecule has 3 aromatic carbocycles. The molecule has 28 heavy (non-hydrogen) atoms. The zero-order valence-electron chi connectivity index (χ0n) is 14.7. The van der Waals surface area contributed by atoms with Gasteiger partial charge in [-0.1, -0.05) is 23.7 Å². The summed E-state index contributed by atoms with van der Waals surface area (Å²) in [5.74, 6) is -0.340. The van der Waals surface area contributed by atoms with Crippen molar-refractivity contribution < 1.29 is 19.7 Å². The minimum Gasteiger partial charge on any atom is -0.508 e. The first-order chi connectivity index (χ1) is 13.5. The van der Waals surface area contributed by atoms with Crippen molar-refractivity contribution in [2.24, 2.45) is 5.10 Å². The smallest absolute Gasteiger partial charge is 0.275 e. The lowest BCUT2D eigenvalue weighted by Crippen LogP contribution is -2.17. The van der Waals surface area contributed by atoms with E-state index < -0.39 is 5.91 Å². The van der Waals surface area contributed by atoms with Crippen LogP contribution in [0.2, 0.25) is 5.02 Å². The zero-order chi connectivity index (χ0) is 19.9. The Morgan fingerprint density at radius 3 is 2.43 bits per heavy atom. The molecule has 0 unspecified atom stereocenters. The van der Waals surface area contributed by atoms with Crippen molar-refractivity contribution in [1.82, 2.24) is 5.43 Å². The monoisotopic (exact) mass is 396 g/mol. The second kappa shape index (κ2) is 8.92. The molecule has 3 rings (SSSR count). The van der Waals surface area contributed by atoms with E-state index in [-0.39, 0.29) is 17.1 Å². The Kier molecular flexibility index (Phi) is 6.14. The number of carbonyl (C=O) groups excluding carboxylic acids is 1. The predicted molar refractivity (Wildman–Crippen MR) is 107 cm³/mol. The number of nitrogens with zero attached hydrogens (tertiary/aromatic N) is 1. The molecule has 0 spiro atoms. The van der Waals surface area contributed by atoms with Crippen LogP contribution in [0, 0.1) is 0 Å². The van der Waals surface area contributed by atoms with Crippen LogP contribution in [0.25, 0.3) is 0 Å². The van der Waals surface area contributed by atoms with Gasteiger partial charge in [-0.2, -0.15) is 5.10 Å². The van der Waals surface area contributed by atoms with E-state index in [1.54, 1.807) is 24.3 Å². The second-order valence-electron chi connectivity index (χ2n) is 5.88. The summed E-state index contributed by atoms with van der Waals surface area (Å²) in [4.78, 5) is 12.0. The van der Waals surface area contributed by atoms with E-state index in [0.29, 0.717) is 17.4 Å². The van der Waals surface area contributed by atoms with E-state index in [2.05, 4.69) is 10.5 Å². The Morgan fingerprint density at radius 1 is 1.04 bits per heavy atom. The molecule has 0 aliphatic rings. The Balaban J connectivity index is 1.53. The van der Waals surface area contributed by atoms with E-state index in [1.807, 2.05) is 24.3 Å². The van der Waals surface area contributed by atoms with Crippen LogP contribution >= 0.6 is 11.6 Å². The molecule has 3 N–H and O–H groups in total. The van der Waals surface area contributed by atoms with Gasteiger partial charge in [0, 0.05) is 11.1 Å². The van der Waals surface area contributed by atoms with E-state index in [1.165, 1.54) is 18.3 Å². The van der Waals surface area contributed by atoms with Crippen molar-refractivity contribution in [3.05, 3.63) is 88.4 Å². The van der Waals surface area contributed by atoms with E-state index in [9.17, 15) is 15.0 Å². The van der Waals surface area contributed by atoms with Gasteiger partial charge in [-0.05, 0) is 59.7 Å². The molecule has 142 valence electrons. The number of hydrazone groups is 1. The number of carbonyl (C=O) groups is 1. The van der Waals surface area contributed by atoms with Gasteiger partial charge in [-0.15, -0.1) is 0 Å². The minimum absolute atomic E-state index is 0.0147. The number of aromatic hydroxyl groups is 2. The highest BCUT2D eigenvalue weighted by Crippen LogP contribution is 2.22. The van der Waals surface area contributed by atoms with Crippen LogP contribution < -0.4 is 10.2 Å². The Bertz CT molecular complexity index is 986. The van der Waals surface area contributed by atoms with Crippen molar-refractivity contribution in [3.8, 4) is 17.2 Å². The number of amides is 1.